The van der Waals surface area contributed by atoms with Crippen molar-refractivity contribution in [1.82, 2.24) is 10.7 Å². The molecule has 0 heterocycles. The molecule has 0 unspecified atom stereocenters. The molecule has 2 amide bonds. The van der Waals surface area contributed by atoms with Crippen molar-refractivity contribution in [3.05, 3.63) is 34.9 Å². The molecule has 0 aliphatic carbocycles. The Labute approximate surface area is 104 Å². The maximum atomic E-state index is 11.1. The lowest BCUT2D eigenvalue weighted by molar-refractivity contribution is -0.139. The molecule has 0 aliphatic rings. The molecule has 2 N–H and O–H groups in total. The maximum Gasteiger partial charge on any atom is 0.329 e. The van der Waals surface area contributed by atoms with Crippen LogP contribution in [-0.4, -0.2) is 24.6 Å². The summed E-state index contributed by atoms with van der Waals surface area (Å²) in [6.07, 6.45) is 1.41. The number of amides is 2. The van der Waals surface area contributed by atoms with E-state index in [4.69, 9.17) is 11.6 Å². The summed E-state index contributed by atoms with van der Waals surface area (Å²) >= 11 is 5.76. The Balaban J connectivity index is 2.50. The van der Waals surface area contributed by atoms with Crippen molar-refractivity contribution in [2.45, 2.75) is 6.92 Å². The highest BCUT2D eigenvalue weighted by atomic mass is 35.5. The average molecular weight is 254 g/mol. The van der Waals surface area contributed by atoms with Crippen LogP contribution in [0.4, 0.5) is 0 Å². The topological polar surface area (TPSA) is 70.6 Å². The Bertz CT molecular complexity index is 446. The lowest BCUT2D eigenvalue weighted by Gasteiger charge is -1.99. The van der Waals surface area contributed by atoms with Gasteiger partial charge in [0.15, 0.2) is 0 Å². The van der Waals surface area contributed by atoms with Crippen LogP contribution in [0, 0.1) is 0 Å². The maximum absolute atomic E-state index is 11.1. The first-order chi connectivity index (χ1) is 8.13. The summed E-state index contributed by atoms with van der Waals surface area (Å²) in [6.45, 7) is 2.12. The number of nitrogens with one attached hydrogen (secondary N) is 2. The monoisotopic (exact) mass is 253 g/mol. The van der Waals surface area contributed by atoms with Crippen LogP contribution in [0.1, 0.15) is 12.5 Å². The number of rotatable bonds is 3. The van der Waals surface area contributed by atoms with E-state index in [0.29, 0.717) is 11.6 Å². The van der Waals surface area contributed by atoms with Crippen LogP contribution in [0.2, 0.25) is 5.02 Å². The third-order valence-electron chi connectivity index (χ3n) is 1.77. The van der Waals surface area contributed by atoms with Gasteiger partial charge >= 0.3 is 11.8 Å². The predicted octanol–water partition coefficient (Wildman–Crippen LogP) is 0.926. The molecule has 0 saturated heterocycles. The Kier molecular flexibility index (Phi) is 5.16. The normalized spacial score (nSPS) is 10.2. The van der Waals surface area contributed by atoms with Gasteiger partial charge in [0, 0.05) is 11.6 Å². The van der Waals surface area contributed by atoms with Crippen LogP contribution in [0.15, 0.2) is 29.4 Å². The van der Waals surface area contributed by atoms with Crippen molar-refractivity contribution >= 4 is 29.6 Å². The molecule has 0 fully saturated rings. The van der Waals surface area contributed by atoms with E-state index >= 15 is 0 Å². The summed E-state index contributed by atoms with van der Waals surface area (Å²) in [7, 11) is 0. The van der Waals surface area contributed by atoms with Gasteiger partial charge in [0.2, 0.25) is 0 Å². The first-order valence-corrected chi connectivity index (χ1v) is 5.38. The van der Waals surface area contributed by atoms with Gasteiger partial charge in [-0.15, -0.1) is 0 Å². The van der Waals surface area contributed by atoms with Gasteiger partial charge in [-0.1, -0.05) is 23.7 Å². The quantitative estimate of drug-likeness (QED) is 0.478. The molecule has 0 radical (unpaired) electrons. The number of hydrazone groups is 1. The Hall–Kier alpha value is -1.88. The third-order valence-corrected chi connectivity index (χ3v) is 2.01. The van der Waals surface area contributed by atoms with E-state index in [1.807, 2.05) is 0 Å². The van der Waals surface area contributed by atoms with E-state index in [2.05, 4.69) is 15.8 Å². The predicted molar refractivity (Wildman–Crippen MR) is 65.9 cm³/mol. The van der Waals surface area contributed by atoms with E-state index in [1.165, 1.54) is 6.21 Å². The molecule has 6 heteroatoms. The first-order valence-electron chi connectivity index (χ1n) is 5.00. The second-order valence-electron chi connectivity index (χ2n) is 3.11. The molecule has 0 atom stereocenters. The van der Waals surface area contributed by atoms with Crippen molar-refractivity contribution in [3.63, 3.8) is 0 Å². The number of carbonyl (C=O) groups is 2. The van der Waals surface area contributed by atoms with E-state index in [-0.39, 0.29) is 0 Å². The fraction of sp³-hybridized carbons (Fsp3) is 0.182. The number of halogens is 1. The van der Waals surface area contributed by atoms with Crippen molar-refractivity contribution in [2.75, 3.05) is 6.54 Å². The second-order valence-corrected chi connectivity index (χ2v) is 3.55. The molecule has 90 valence electrons. The smallest absolute Gasteiger partial charge is 0.329 e. The Morgan fingerprint density at radius 2 is 2.18 bits per heavy atom. The number of hydrogen-bond acceptors (Lipinski definition) is 3. The van der Waals surface area contributed by atoms with Crippen molar-refractivity contribution < 1.29 is 9.59 Å². The molecular formula is C11H12ClN3O2. The third kappa shape index (κ3) is 4.65. The SMILES string of the molecule is CCNC(=O)C(=O)N/N=C/c1cccc(Cl)c1. The zero-order valence-electron chi connectivity index (χ0n) is 9.24. The summed E-state index contributed by atoms with van der Waals surface area (Å²) in [4.78, 5) is 22.1. The Morgan fingerprint density at radius 1 is 1.41 bits per heavy atom. The number of nitrogens with zero attached hydrogens (tertiary/aromatic N) is 1. The number of likely N-dealkylation sites (N-methyl/N-ethyl adjacent to an activating group) is 1. The van der Waals surface area contributed by atoms with Gasteiger partial charge in [-0.25, -0.2) is 5.43 Å². The molecule has 0 aliphatic heterocycles. The molecule has 1 rings (SSSR count). The zero-order chi connectivity index (χ0) is 12.7. The standard InChI is InChI=1S/C11H12ClN3O2/c1-2-13-10(16)11(17)15-14-7-8-4-3-5-9(12)6-8/h3-7H,2H2,1H3,(H,13,16)(H,15,17)/b14-7+. The van der Waals surface area contributed by atoms with Gasteiger partial charge in [0.25, 0.3) is 0 Å². The van der Waals surface area contributed by atoms with Gasteiger partial charge in [-0.05, 0) is 24.6 Å². The highest BCUT2D eigenvalue weighted by Gasteiger charge is 2.09. The zero-order valence-corrected chi connectivity index (χ0v) is 9.99. The second kappa shape index (κ2) is 6.65. The lowest BCUT2D eigenvalue weighted by atomic mass is 10.2. The van der Waals surface area contributed by atoms with Crippen LogP contribution in [0.5, 0.6) is 0 Å². The van der Waals surface area contributed by atoms with Gasteiger partial charge in [-0.3, -0.25) is 9.59 Å². The Morgan fingerprint density at radius 3 is 2.82 bits per heavy atom. The summed E-state index contributed by atoms with van der Waals surface area (Å²) in [5.41, 5.74) is 2.84. The van der Waals surface area contributed by atoms with Crippen molar-refractivity contribution in [2.24, 2.45) is 5.10 Å². The van der Waals surface area contributed by atoms with E-state index in [1.54, 1.807) is 31.2 Å². The summed E-state index contributed by atoms with van der Waals surface area (Å²) in [5.74, 6) is -1.51. The van der Waals surface area contributed by atoms with Gasteiger partial charge < -0.3 is 5.32 Å². The minimum absolute atomic E-state index is 0.393. The number of hydrogen-bond donors (Lipinski definition) is 2. The van der Waals surface area contributed by atoms with Gasteiger partial charge in [0.05, 0.1) is 6.21 Å². The number of benzene rings is 1. The van der Waals surface area contributed by atoms with Crippen LogP contribution in [-0.2, 0) is 9.59 Å². The minimum atomic E-state index is -0.801. The van der Waals surface area contributed by atoms with E-state index < -0.39 is 11.8 Å². The van der Waals surface area contributed by atoms with Crippen LogP contribution in [0.3, 0.4) is 0 Å². The van der Waals surface area contributed by atoms with Crippen LogP contribution >= 0.6 is 11.6 Å². The molecule has 0 saturated carbocycles. The molecule has 0 aromatic heterocycles. The fourth-order valence-corrected chi connectivity index (χ4v) is 1.24. The highest BCUT2D eigenvalue weighted by Crippen LogP contribution is 2.08. The van der Waals surface area contributed by atoms with Crippen molar-refractivity contribution in [1.29, 1.82) is 0 Å². The molecule has 17 heavy (non-hydrogen) atoms. The van der Waals surface area contributed by atoms with Crippen LogP contribution < -0.4 is 10.7 Å². The molecule has 1 aromatic carbocycles. The average Bonchev–Trinajstić information content (AvgIpc) is 2.29. The summed E-state index contributed by atoms with van der Waals surface area (Å²) in [5, 5.41) is 6.57. The molecule has 5 nitrogen and oxygen atoms in total. The van der Waals surface area contributed by atoms with Crippen LogP contribution in [0.25, 0.3) is 0 Å². The summed E-state index contributed by atoms with van der Waals surface area (Å²) < 4.78 is 0. The minimum Gasteiger partial charge on any atom is -0.348 e. The van der Waals surface area contributed by atoms with Gasteiger partial charge in [-0.2, -0.15) is 5.10 Å². The highest BCUT2D eigenvalue weighted by molar-refractivity contribution is 6.35. The van der Waals surface area contributed by atoms with Gasteiger partial charge in [0.1, 0.15) is 0 Å². The molecular weight excluding hydrogens is 242 g/mol. The first kappa shape index (κ1) is 13.2. The van der Waals surface area contributed by atoms with Crippen molar-refractivity contribution in [3.8, 4) is 0 Å². The largest absolute Gasteiger partial charge is 0.348 e. The van der Waals surface area contributed by atoms with E-state index in [9.17, 15) is 9.59 Å². The summed E-state index contributed by atoms with van der Waals surface area (Å²) in [6, 6.07) is 6.94. The number of carbonyl (C=O) groups excluding carboxylic acids is 2. The molecule has 1 aromatic rings. The van der Waals surface area contributed by atoms with E-state index in [0.717, 1.165) is 5.56 Å². The molecule has 0 bridgehead atoms. The fourth-order valence-electron chi connectivity index (χ4n) is 1.04. The lowest BCUT2D eigenvalue weighted by Crippen LogP contribution is -2.37. The molecule has 0 spiro atoms.